The maximum Gasteiger partial charge on any atom is 0.229 e. The molecule has 6 rings (SSSR count). The Morgan fingerprint density at radius 1 is 1.12 bits per heavy atom. The first-order valence-electron chi connectivity index (χ1n) is 13.4. The van der Waals surface area contributed by atoms with Crippen molar-refractivity contribution < 1.29 is 13.5 Å². The molecular formula is C29H30F2N8O. The number of imidazole rings is 1. The topological polar surface area (TPSA) is 117 Å². The van der Waals surface area contributed by atoms with Crippen molar-refractivity contribution in [2.45, 2.75) is 37.6 Å². The largest absolute Gasteiger partial charge is 0.381 e. The van der Waals surface area contributed by atoms with Crippen LogP contribution in [-0.2, 0) is 10.2 Å². The first-order valence-corrected chi connectivity index (χ1v) is 13.4. The van der Waals surface area contributed by atoms with Crippen LogP contribution in [0.1, 0.15) is 31.7 Å². The van der Waals surface area contributed by atoms with E-state index in [1.54, 1.807) is 30.7 Å². The van der Waals surface area contributed by atoms with Crippen molar-refractivity contribution in [3.05, 3.63) is 66.1 Å². The second-order valence-electron chi connectivity index (χ2n) is 10.8. The van der Waals surface area contributed by atoms with E-state index in [9.17, 15) is 5.26 Å². The highest BCUT2D eigenvalue weighted by Gasteiger charge is 2.36. The fourth-order valence-electron chi connectivity index (χ4n) is 5.86. The van der Waals surface area contributed by atoms with Crippen molar-refractivity contribution in [3.8, 4) is 17.3 Å². The summed E-state index contributed by atoms with van der Waals surface area (Å²) in [4.78, 5) is 11.0. The van der Waals surface area contributed by atoms with E-state index >= 15 is 8.78 Å². The van der Waals surface area contributed by atoms with E-state index < -0.39 is 17.0 Å². The zero-order valence-electron chi connectivity index (χ0n) is 22.1. The van der Waals surface area contributed by atoms with Crippen LogP contribution < -0.4 is 16.0 Å². The standard InChI is InChI=1S/C29H30F2N8O/c1-18-10-20(33)16-38(15-18)26-4-7-34-14-25(26)36-28-35-13-21-2-3-24(37-39(21)28)27-22(30)11-19(12-23(27)31)29(17-32)5-8-40-9-6-29/h2-4,7,11-14,18,20H,5-6,8-10,15-16,33H2,1H3,(H,35,36). The average molecular weight is 545 g/mol. The summed E-state index contributed by atoms with van der Waals surface area (Å²) in [5, 5.41) is 17.7. The highest BCUT2D eigenvalue weighted by Crippen LogP contribution is 2.38. The van der Waals surface area contributed by atoms with Crippen molar-refractivity contribution in [1.29, 1.82) is 5.26 Å². The molecule has 4 aromatic rings. The number of nitrogens with one attached hydrogen (secondary N) is 1. The third-order valence-electron chi connectivity index (χ3n) is 7.87. The monoisotopic (exact) mass is 544 g/mol. The quantitative estimate of drug-likeness (QED) is 0.376. The molecule has 9 nitrogen and oxygen atoms in total. The molecule has 1 aromatic carbocycles. The number of pyridine rings is 1. The molecule has 2 fully saturated rings. The van der Waals surface area contributed by atoms with Crippen LogP contribution in [0.15, 0.2) is 48.9 Å². The minimum atomic E-state index is -0.977. The predicted octanol–water partition coefficient (Wildman–Crippen LogP) is 4.56. The second kappa shape index (κ2) is 10.4. The van der Waals surface area contributed by atoms with E-state index in [0.29, 0.717) is 49.0 Å². The molecule has 2 unspecified atom stereocenters. The zero-order valence-corrected chi connectivity index (χ0v) is 22.1. The molecular weight excluding hydrogens is 514 g/mol. The zero-order chi connectivity index (χ0) is 27.9. The van der Waals surface area contributed by atoms with Crippen LogP contribution in [0.25, 0.3) is 16.8 Å². The minimum Gasteiger partial charge on any atom is -0.381 e. The molecule has 2 aliphatic rings. The Morgan fingerprint density at radius 3 is 2.62 bits per heavy atom. The van der Waals surface area contributed by atoms with E-state index in [-0.39, 0.29) is 17.3 Å². The van der Waals surface area contributed by atoms with Gasteiger partial charge < -0.3 is 20.7 Å². The number of anilines is 3. The number of ether oxygens (including phenoxy) is 1. The molecule has 3 N–H and O–H groups in total. The number of nitrogens with two attached hydrogens (primary N) is 1. The number of nitriles is 1. The molecule has 0 saturated carbocycles. The van der Waals surface area contributed by atoms with Crippen molar-refractivity contribution in [2.75, 3.05) is 36.5 Å². The van der Waals surface area contributed by atoms with Gasteiger partial charge in [0, 0.05) is 38.5 Å². The van der Waals surface area contributed by atoms with Gasteiger partial charge in [-0.25, -0.2) is 13.8 Å². The fraction of sp³-hybridized carbons (Fsp3) is 0.379. The molecule has 206 valence electrons. The van der Waals surface area contributed by atoms with Gasteiger partial charge in [-0.2, -0.15) is 14.9 Å². The molecule has 0 bridgehead atoms. The summed E-state index contributed by atoms with van der Waals surface area (Å²) in [7, 11) is 0. The van der Waals surface area contributed by atoms with Gasteiger partial charge in [-0.15, -0.1) is 0 Å². The van der Waals surface area contributed by atoms with Crippen LogP contribution in [-0.4, -0.2) is 51.9 Å². The highest BCUT2D eigenvalue weighted by molar-refractivity contribution is 5.74. The number of fused-ring (bicyclic) bond motifs is 1. The molecule has 11 heteroatoms. The summed E-state index contributed by atoms with van der Waals surface area (Å²) in [6.07, 6.45) is 6.82. The summed E-state index contributed by atoms with van der Waals surface area (Å²) >= 11 is 0. The number of hydrogen-bond donors (Lipinski definition) is 2. The first-order chi connectivity index (χ1) is 19.4. The van der Waals surface area contributed by atoms with E-state index in [1.165, 1.54) is 16.6 Å². The molecule has 0 aliphatic carbocycles. The number of aromatic nitrogens is 4. The van der Waals surface area contributed by atoms with Crippen LogP contribution in [0.2, 0.25) is 0 Å². The Morgan fingerprint density at radius 2 is 1.90 bits per heavy atom. The second-order valence-corrected chi connectivity index (χ2v) is 10.8. The van der Waals surface area contributed by atoms with Crippen LogP contribution >= 0.6 is 0 Å². The van der Waals surface area contributed by atoms with Crippen molar-refractivity contribution >= 4 is 22.8 Å². The van der Waals surface area contributed by atoms with Gasteiger partial charge in [0.15, 0.2) is 0 Å². The van der Waals surface area contributed by atoms with Gasteiger partial charge in [-0.3, -0.25) is 4.98 Å². The Bertz CT molecular complexity index is 1560. The third-order valence-corrected chi connectivity index (χ3v) is 7.87. The van der Waals surface area contributed by atoms with Crippen molar-refractivity contribution in [2.24, 2.45) is 11.7 Å². The third kappa shape index (κ3) is 4.74. The number of halogens is 2. The molecule has 0 amide bonds. The lowest BCUT2D eigenvalue weighted by molar-refractivity contribution is 0.0674. The van der Waals surface area contributed by atoms with Gasteiger partial charge in [0.1, 0.15) is 11.6 Å². The molecule has 5 heterocycles. The molecule has 2 atom stereocenters. The molecule has 2 aliphatic heterocycles. The number of piperidine rings is 1. The highest BCUT2D eigenvalue weighted by atomic mass is 19.1. The van der Waals surface area contributed by atoms with Crippen LogP contribution in [0.4, 0.5) is 26.1 Å². The fourth-order valence-corrected chi connectivity index (χ4v) is 5.86. The van der Waals surface area contributed by atoms with Crippen LogP contribution in [0.5, 0.6) is 0 Å². The Kier molecular flexibility index (Phi) is 6.82. The summed E-state index contributed by atoms with van der Waals surface area (Å²) in [6, 6.07) is 10.0. The SMILES string of the molecule is CC1CC(N)CN(c2ccncc2Nc2ncc3ccc(-c4c(F)cc(C5(C#N)CCOCC5)cc4F)nn23)C1. The lowest BCUT2D eigenvalue weighted by atomic mass is 9.75. The molecule has 0 radical (unpaired) electrons. The number of benzene rings is 1. The Hall–Kier alpha value is -4.14. The normalized spacial score (nSPS) is 20.8. The van der Waals surface area contributed by atoms with E-state index in [0.717, 1.165) is 30.9 Å². The van der Waals surface area contributed by atoms with Gasteiger partial charge in [0.2, 0.25) is 5.95 Å². The maximum absolute atomic E-state index is 15.5. The van der Waals surface area contributed by atoms with Gasteiger partial charge in [-0.1, -0.05) is 6.92 Å². The minimum absolute atomic E-state index is 0.0758. The van der Waals surface area contributed by atoms with E-state index in [2.05, 4.69) is 38.3 Å². The van der Waals surface area contributed by atoms with Crippen molar-refractivity contribution in [1.82, 2.24) is 19.6 Å². The number of hydrogen-bond acceptors (Lipinski definition) is 8. The van der Waals surface area contributed by atoms with Gasteiger partial charge in [-0.05, 0) is 61.1 Å². The number of nitrogens with zero attached hydrogens (tertiary/aromatic N) is 6. The lowest BCUT2D eigenvalue weighted by Crippen LogP contribution is -2.46. The Balaban J connectivity index is 1.34. The van der Waals surface area contributed by atoms with Crippen LogP contribution in [0.3, 0.4) is 0 Å². The Labute approximate surface area is 230 Å². The van der Waals surface area contributed by atoms with Crippen molar-refractivity contribution in [3.63, 3.8) is 0 Å². The number of rotatable bonds is 5. The van der Waals surface area contributed by atoms with Gasteiger partial charge in [0.25, 0.3) is 0 Å². The summed E-state index contributed by atoms with van der Waals surface area (Å²) < 4.78 is 37.8. The molecule has 0 spiro atoms. The van der Waals surface area contributed by atoms with E-state index in [4.69, 9.17) is 10.5 Å². The van der Waals surface area contributed by atoms with E-state index in [1.807, 2.05) is 6.07 Å². The lowest BCUT2D eigenvalue weighted by Gasteiger charge is -2.37. The molecule has 2 saturated heterocycles. The summed E-state index contributed by atoms with van der Waals surface area (Å²) in [5.41, 5.74) is 7.79. The first kappa shape index (κ1) is 26.1. The summed E-state index contributed by atoms with van der Waals surface area (Å²) in [6.45, 7) is 4.52. The van der Waals surface area contributed by atoms with Gasteiger partial charge >= 0.3 is 0 Å². The predicted molar refractivity (Wildman–Crippen MR) is 147 cm³/mol. The molecule has 40 heavy (non-hydrogen) atoms. The summed E-state index contributed by atoms with van der Waals surface area (Å²) in [5.74, 6) is -0.721. The van der Waals surface area contributed by atoms with Gasteiger partial charge in [0.05, 0.1) is 52.0 Å². The smallest absolute Gasteiger partial charge is 0.229 e. The maximum atomic E-state index is 15.5. The molecule has 3 aromatic heterocycles. The van der Waals surface area contributed by atoms with Crippen LogP contribution in [0, 0.1) is 28.9 Å². The average Bonchev–Trinajstić information content (AvgIpc) is 3.34.